The molecule has 104 valence electrons. The predicted octanol–water partition coefficient (Wildman–Crippen LogP) is 1.28. The van der Waals surface area contributed by atoms with E-state index >= 15 is 0 Å². The lowest BCUT2D eigenvalue weighted by atomic mass is 10.0. The van der Waals surface area contributed by atoms with Gasteiger partial charge in [-0.3, -0.25) is 4.68 Å². The summed E-state index contributed by atoms with van der Waals surface area (Å²) in [5.41, 5.74) is -0.508. The summed E-state index contributed by atoms with van der Waals surface area (Å²) in [4.78, 5) is 8.28. The third kappa shape index (κ3) is 2.23. The second-order valence-electron chi connectivity index (χ2n) is 4.87. The molecule has 0 amide bonds. The number of hydrogen-bond acceptors (Lipinski definition) is 6. The molecule has 1 atom stereocenters. The van der Waals surface area contributed by atoms with E-state index in [4.69, 9.17) is 4.42 Å². The first-order valence-corrected chi connectivity index (χ1v) is 6.21. The molecule has 0 aliphatic rings. The zero-order chi connectivity index (χ0) is 14.2. The monoisotopic (exact) mass is 273 g/mol. The SMILES string of the molecule is Cn1cc2c(NCC(C)(O)c3ccco3)ncnc2n1. The van der Waals surface area contributed by atoms with Crippen LogP contribution in [0.1, 0.15) is 12.7 Å². The fourth-order valence-corrected chi connectivity index (χ4v) is 2.02. The molecule has 7 heteroatoms. The lowest BCUT2D eigenvalue weighted by Crippen LogP contribution is -2.30. The molecular formula is C13H15N5O2. The Morgan fingerprint density at radius 2 is 2.30 bits per heavy atom. The summed E-state index contributed by atoms with van der Waals surface area (Å²) in [6.45, 7) is 1.95. The molecule has 0 bridgehead atoms. The highest BCUT2D eigenvalue weighted by Crippen LogP contribution is 2.23. The van der Waals surface area contributed by atoms with Gasteiger partial charge in [0, 0.05) is 13.2 Å². The second kappa shape index (κ2) is 4.61. The lowest BCUT2D eigenvalue weighted by molar-refractivity contribution is 0.0476. The molecule has 0 radical (unpaired) electrons. The Balaban J connectivity index is 1.83. The van der Waals surface area contributed by atoms with Crippen LogP contribution in [-0.2, 0) is 12.6 Å². The van der Waals surface area contributed by atoms with Crippen molar-refractivity contribution in [1.82, 2.24) is 19.7 Å². The van der Waals surface area contributed by atoms with Crippen LogP contribution in [0.25, 0.3) is 11.0 Å². The molecular weight excluding hydrogens is 258 g/mol. The zero-order valence-corrected chi connectivity index (χ0v) is 11.2. The Bertz CT molecular complexity index is 718. The van der Waals surface area contributed by atoms with Crippen LogP contribution in [0.5, 0.6) is 0 Å². The van der Waals surface area contributed by atoms with E-state index in [2.05, 4.69) is 20.4 Å². The van der Waals surface area contributed by atoms with E-state index in [-0.39, 0.29) is 6.54 Å². The Labute approximate surface area is 115 Å². The minimum absolute atomic E-state index is 0.265. The number of aliphatic hydroxyl groups is 1. The average molecular weight is 273 g/mol. The molecule has 0 saturated heterocycles. The molecule has 0 aliphatic heterocycles. The second-order valence-corrected chi connectivity index (χ2v) is 4.87. The van der Waals surface area contributed by atoms with Crippen molar-refractivity contribution >= 4 is 16.9 Å². The third-order valence-corrected chi connectivity index (χ3v) is 3.08. The highest BCUT2D eigenvalue weighted by Gasteiger charge is 2.26. The van der Waals surface area contributed by atoms with Crippen LogP contribution < -0.4 is 5.32 Å². The minimum Gasteiger partial charge on any atom is -0.466 e. The van der Waals surface area contributed by atoms with Crippen LogP contribution in [0, 0.1) is 0 Å². The Kier molecular flexibility index (Phi) is 2.90. The minimum atomic E-state index is -1.12. The Morgan fingerprint density at radius 1 is 1.45 bits per heavy atom. The van der Waals surface area contributed by atoms with Gasteiger partial charge in [-0.15, -0.1) is 0 Å². The van der Waals surface area contributed by atoms with Gasteiger partial charge in [-0.2, -0.15) is 5.10 Å². The van der Waals surface area contributed by atoms with E-state index in [1.807, 2.05) is 13.2 Å². The van der Waals surface area contributed by atoms with Crippen LogP contribution in [-0.4, -0.2) is 31.4 Å². The molecule has 0 spiro atoms. The largest absolute Gasteiger partial charge is 0.466 e. The summed E-state index contributed by atoms with van der Waals surface area (Å²) in [5, 5.41) is 18.5. The molecule has 20 heavy (non-hydrogen) atoms. The topological polar surface area (TPSA) is 89.0 Å². The van der Waals surface area contributed by atoms with Crippen LogP contribution >= 0.6 is 0 Å². The van der Waals surface area contributed by atoms with Crippen LogP contribution in [0.3, 0.4) is 0 Å². The van der Waals surface area contributed by atoms with Crippen molar-refractivity contribution in [1.29, 1.82) is 0 Å². The van der Waals surface area contributed by atoms with Crippen LogP contribution in [0.4, 0.5) is 5.82 Å². The number of rotatable bonds is 4. The number of aromatic nitrogens is 4. The van der Waals surface area contributed by atoms with Gasteiger partial charge in [0.1, 0.15) is 23.5 Å². The van der Waals surface area contributed by atoms with Gasteiger partial charge in [-0.25, -0.2) is 9.97 Å². The first-order chi connectivity index (χ1) is 9.56. The molecule has 7 nitrogen and oxygen atoms in total. The molecule has 3 rings (SSSR count). The van der Waals surface area contributed by atoms with Crippen molar-refractivity contribution in [2.24, 2.45) is 7.05 Å². The number of hydrogen-bond donors (Lipinski definition) is 2. The highest BCUT2D eigenvalue weighted by molar-refractivity contribution is 5.85. The lowest BCUT2D eigenvalue weighted by Gasteiger charge is -2.21. The van der Waals surface area contributed by atoms with E-state index < -0.39 is 5.60 Å². The van der Waals surface area contributed by atoms with E-state index in [1.165, 1.54) is 12.6 Å². The number of furan rings is 1. The summed E-state index contributed by atoms with van der Waals surface area (Å²) in [6.07, 6.45) is 4.81. The van der Waals surface area contributed by atoms with Gasteiger partial charge in [0.05, 0.1) is 18.2 Å². The average Bonchev–Trinajstić information content (AvgIpc) is 3.04. The van der Waals surface area contributed by atoms with E-state index in [9.17, 15) is 5.11 Å². The molecule has 0 aromatic carbocycles. The molecule has 0 aliphatic carbocycles. The highest BCUT2D eigenvalue weighted by atomic mass is 16.4. The maximum atomic E-state index is 10.4. The number of nitrogens with one attached hydrogen (secondary N) is 1. The van der Waals surface area contributed by atoms with Crippen LogP contribution in [0.15, 0.2) is 35.3 Å². The predicted molar refractivity (Wildman–Crippen MR) is 73.1 cm³/mol. The van der Waals surface area contributed by atoms with Crippen molar-refractivity contribution < 1.29 is 9.52 Å². The van der Waals surface area contributed by atoms with Crippen LogP contribution in [0.2, 0.25) is 0 Å². The summed E-state index contributed by atoms with van der Waals surface area (Å²) in [6, 6.07) is 3.48. The van der Waals surface area contributed by atoms with Crippen molar-refractivity contribution in [2.75, 3.05) is 11.9 Å². The van der Waals surface area contributed by atoms with Gasteiger partial charge in [0.25, 0.3) is 0 Å². The zero-order valence-electron chi connectivity index (χ0n) is 11.2. The van der Waals surface area contributed by atoms with E-state index in [1.54, 1.807) is 23.7 Å². The maximum absolute atomic E-state index is 10.4. The fraction of sp³-hybridized carbons (Fsp3) is 0.308. The van der Waals surface area contributed by atoms with E-state index in [0.29, 0.717) is 17.2 Å². The summed E-state index contributed by atoms with van der Waals surface area (Å²) in [7, 11) is 1.82. The molecule has 3 heterocycles. The van der Waals surface area contributed by atoms with Gasteiger partial charge in [-0.1, -0.05) is 0 Å². The molecule has 0 fully saturated rings. The number of nitrogens with zero attached hydrogens (tertiary/aromatic N) is 4. The standard InChI is InChI=1S/C13H15N5O2/c1-13(19,10-4-3-5-20-10)7-14-11-9-6-18(2)17-12(9)16-8-15-11/h3-6,8,19H,7H2,1-2H3,(H,14,15,16,17). The summed E-state index contributed by atoms with van der Waals surface area (Å²) < 4.78 is 6.91. The third-order valence-electron chi connectivity index (χ3n) is 3.08. The smallest absolute Gasteiger partial charge is 0.186 e. The number of anilines is 1. The molecule has 0 saturated carbocycles. The first-order valence-electron chi connectivity index (χ1n) is 6.21. The van der Waals surface area contributed by atoms with Crippen molar-refractivity contribution in [2.45, 2.75) is 12.5 Å². The van der Waals surface area contributed by atoms with Gasteiger partial charge in [0.15, 0.2) is 5.65 Å². The van der Waals surface area contributed by atoms with Gasteiger partial charge >= 0.3 is 0 Å². The normalized spacial score (nSPS) is 14.3. The van der Waals surface area contributed by atoms with Gasteiger partial charge in [-0.05, 0) is 19.1 Å². The quantitative estimate of drug-likeness (QED) is 0.744. The Morgan fingerprint density at radius 3 is 3.05 bits per heavy atom. The molecule has 3 aromatic rings. The molecule has 2 N–H and O–H groups in total. The maximum Gasteiger partial charge on any atom is 0.186 e. The molecule has 3 aromatic heterocycles. The Hall–Kier alpha value is -2.41. The van der Waals surface area contributed by atoms with Gasteiger partial charge in [0.2, 0.25) is 0 Å². The van der Waals surface area contributed by atoms with E-state index in [0.717, 1.165) is 5.39 Å². The number of fused-ring (bicyclic) bond motifs is 1. The van der Waals surface area contributed by atoms with Crippen molar-refractivity contribution in [3.8, 4) is 0 Å². The first kappa shape index (κ1) is 12.6. The molecule has 1 unspecified atom stereocenters. The van der Waals surface area contributed by atoms with Crippen molar-refractivity contribution in [3.05, 3.63) is 36.7 Å². The fourth-order valence-electron chi connectivity index (χ4n) is 2.02. The summed E-state index contributed by atoms with van der Waals surface area (Å²) in [5.74, 6) is 1.14. The number of aryl methyl sites for hydroxylation is 1. The van der Waals surface area contributed by atoms with Gasteiger partial charge < -0.3 is 14.8 Å². The van der Waals surface area contributed by atoms with Crippen molar-refractivity contribution in [3.63, 3.8) is 0 Å². The summed E-state index contributed by atoms with van der Waals surface area (Å²) >= 11 is 0.